The molecule has 0 amide bonds. The molecule has 0 aliphatic heterocycles. The monoisotopic (exact) mass is 158 g/mol. The van der Waals surface area contributed by atoms with Gasteiger partial charge in [-0.15, -0.1) is 0 Å². The van der Waals surface area contributed by atoms with Crippen LogP contribution < -0.4 is 0 Å². The predicted molar refractivity (Wildman–Crippen MR) is 46.9 cm³/mol. The van der Waals surface area contributed by atoms with Crippen molar-refractivity contribution in [1.82, 2.24) is 4.90 Å². The summed E-state index contributed by atoms with van der Waals surface area (Å²) in [5.74, 6) is 0. The fraction of sp³-hybridized carbons (Fsp3) is 1.00. The van der Waals surface area contributed by atoms with Crippen LogP contribution in [0.1, 0.15) is 41.0 Å². The molecule has 11 heavy (non-hydrogen) atoms. The van der Waals surface area contributed by atoms with E-state index in [0.717, 1.165) is 6.42 Å². The second-order valence-electron chi connectivity index (χ2n) is 4.03. The molecule has 0 aliphatic carbocycles. The van der Waals surface area contributed by atoms with Gasteiger partial charge in [0.15, 0.2) is 0 Å². The van der Waals surface area contributed by atoms with Gasteiger partial charge in [-0.2, -0.15) is 0 Å². The van der Waals surface area contributed by atoms with Gasteiger partial charge in [-0.25, -0.2) is 5.11 Å². The van der Waals surface area contributed by atoms with Crippen molar-refractivity contribution in [3.05, 3.63) is 0 Å². The van der Waals surface area contributed by atoms with Gasteiger partial charge in [0.2, 0.25) is 0 Å². The van der Waals surface area contributed by atoms with E-state index in [0.29, 0.717) is 6.04 Å². The first-order valence-corrected chi connectivity index (χ1v) is 4.28. The summed E-state index contributed by atoms with van der Waals surface area (Å²) in [4.78, 5) is 1.98. The Morgan fingerprint density at radius 2 is 1.82 bits per heavy atom. The molecule has 0 bridgehead atoms. The van der Waals surface area contributed by atoms with Crippen LogP contribution in [0.3, 0.4) is 0 Å². The minimum atomic E-state index is -0.0987. The van der Waals surface area contributed by atoms with E-state index in [4.69, 9.17) is 0 Å². The van der Waals surface area contributed by atoms with E-state index in [1.807, 2.05) is 4.90 Å². The van der Waals surface area contributed by atoms with Crippen molar-refractivity contribution in [2.45, 2.75) is 52.6 Å². The van der Waals surface area contributed by atoms with Gasteiger partial charge in [0.25, 0.3) is 0 Å². The van der Waals surface area contributed by atoms with E-state index < -0.39 is 0 Å². The van der Waals surface area contributed by atoms with Gasteiger partial charge >= 0.3 is 0 Å². The summed E-state index contributed by atoms with van der Waals surface area (Å²) in [7, 11) is 0. The van der Waals surface area contributed by atoms with E-state index >= 15 is 0 Å². The lowest BCUT2D eigenvalue weighted by molar-refractivity contribution is -0.0323. The third kappa shape index (κ3) is 3.21. The summed E-state index contributed by atoms with van der Waals surface area (Å²) in [5.41, 5.74) is 0.0111. The molecule has 67 valence electrons. The van der Waals surface area contributed by atoms with Crippen LogP contribution in [0.4, 0.5) is 0 Å². The van der Waals surface area contributed by atoms with Crippen LogP contribution in [0, 0.1) is 0 Å². The summed E-state index contributed by atoms with van der Waals surface area (Å²) < 4.78 is 0. The quantitative estimate of drug-likeness (QED) is 0.578. The molecule has 0 saturated heterocycles. The van der Waals surface area contributed by atoms with E-state index in [2.05, 4.69) is 34.6 Å². The van der Waals surface area contributed by atoms with Gasteiger partial charge in [-0.1, -0.05) is 6.92 Å². The molecule has 1 unspecified atom stereocenters. The van der Waals surface area contributed by atoms with Gasteiger partial charge in [0.1, 0.15) is 6.73 Å². The predicted octanol–water partition coefficient (Wildman–Crippen LogP) is 2.27. The highest BCUT2D eigenvalue weighted by Gasteiger charge is 2.24. The molecule has 0 heterocycles. The highest BCUT2D eigenvalue weighted by molar-refractivity contribution is 4.77. The van der Waals surface area contributed by atoms with E-state index in [1.165, 1.54) is 0 Å². The maximum Gasteiger partial charge on any atom is 0.136 e. The van der Waals surface area contributed by atoms with Gasteiger partial charge in [-0.05, 0) is 34.1 Å². The molecule has 0 aromatic rings. The van der Waals surface area contributed by atoms with Crippen LogP contribution in [0.15, 0.2) is 0 Å². The second-order valence-corrected chi connectivity index (χ2v) is 4.03. The molecular formula is C9H20NO. The highest BCUT2D eigenvalue weighted by Crippen LogP contribution is 2.17. The van der Waals surface area contributed by atoms with Crippen LogP contribution in [0.25, 0.3) is 0 Å². The SMILES string of the molecule is CCC(C)N(C[O])C(C)(C)C. The van der Waals surface area contributed by atoms with Crippen LogP contribution >= 0.6 is 0 Å². The number of nitrogens with zero attached hydrogens (tertiary/aromatic N) is 1. The molecule has 0 spiro atoms. The topological polar surface area (TPSA) is 23.1 Å². The van der Waals surface area contributed by atoms with Gasteiger partial charge in [0.05, 0.1) is 0 Å². The van der Waals surface area contributed by atoms with Gasteiger partial charge in [0, 0.05) is 11.6 Å². The minimum absolute atomic E-state index is 0.0111. The third-order valence-corrected chi connectivity index (χ3v) is 2.12. The Bertz CT molecular complexity index is 107. The lowest BCUT2D eigenvalue weighted by atomic mass is 10.0. The second kappa shape index (κ2) is 4.07. The van der Waals surface area contributed by atoms with E-state index in [-0.39, 0.29) is 12.3 Å². The molecule has 0 saturated carbocycles. The standard InChI is InChI=1S/C9H20NO/c1-6-8(2)10(7-11)9(3,4)5/h8H,6-7H2,1-5H3. The van der Waals surface area contributed by atoms with Gasteiger partial charge in [-0.3, -0.25) is 4.90 Å². The van der Waals surface area contributed by atoms with Crippen molar-refractivity contribution in [2.24, 2.45) is 0 Å². The summed E-state index contributed by atoms with van der Waals surface area (Å²) in [6.07, 6.45) is 1.04. The van der Waals surface area contributed by atoms with Crippen molar-refractivity contribution >= 4 is 0 Å². The van der Waals surface area contributed by atoms with Crippen molar-refractivity contribution in [3.63, 3.8) is 0 Å². The zero-order chi connectivity index (χ0) is 9.07. The Labute approximate surface area is 70.2 Å². The zero-order valence-corrected chi connectivity index (χ0v) is 8.35. The first-order valence-electron chi connectivity index (χ1n) is 4.28. The first-order chi connectivity index (χ1) is 4.93. The fourth-order valence-electron chi connectivity index (χ4n) is 1.20. The number of hydrogen-bond acceptors (Lipinski definition) is 1. The Hall–Kier alpha value is -0.0800. The molecule has 0 aromatic heterocycles. The molecule has 0 N–H and O–H groups in total. The summed E-state index contributed by atoms with van der Waals surface area (Å²) in [5, 5.41) is 10.8. The van der Waals surface area contributed by atoms with Crippen LogP contribution in [-0.4, -0.2) is 23.2 Å². The third-order valence-electron chi connectivity index (χ3n) is 2.12. The lowest BCUT2D eigenvalue weighted by Gasteiger charge is -2.37. The lowest BCUT2D eigenvalue weighted by Crippen LogP contribution is -2.46. The minimum Gasteiger partial charge on any atom is -0.271 e. The smallest absolute Gasteiger partial charge is 0.136 e. The maximum absolute atomic E-state index is 10.8. The Kier molecular flexibility index (Phi) is 4.04. The molecule has 2 heteroatoms. The van der Waals surface area contributed by atoms with Crippen LogP contribution in [-0.2, 0) is 5.11 Å². The first kappa shape index (κ1) is 10.9. The highest BCUT2D eigenvalue weighted by atomic mass is 16.3. The van der Waals surface area contributed by atoms with Crippen LogP contribution in [0.2, 0.25) is 0 Å². The van der Waals surface area contributed by atoms with Crippen molar-refractivity contribution in [1.29, 1.82) is 0 Å². The maximum atomic E-state index is 10.8. The number of hydrogen-bond donors (Lipinski definition) is 0. The van der Waals surface area contributed by atoms with E-state index in [1.54, 1.807) is 0 Å². The molecule has 0 rings (SSSR count). The Morgan fingerprint density at radius 3 is 1.91 bits per heavy atom. The van der Waals surface area contributed by atoms with Gasteiger partial charge < -0.3 is 0 Å². The average molecular weight is 158 g/mol. The van der Waals surface area contributed by atoms with Crippen LogP contribution in [0.5, 0.6) is 0 Å². The summed E-state index contributed by atoms with van der Waals surface area (Å²) >= 11 is 0. The van der Waals surface area contributed by atoms with Crippen molar-refractivity contribution < 1.29 is 5.11 Å². The molecule has 0 aliphatic rings. The molecule has 0 fully saturated rings. The fourth-order valence-corrected chi connectivity index (χ4v) is 1.20. The normalized spacial score (nSPS) is 15.5. The average Bonchev–Trinajstić information content (AvgIpc) is 1.86. The van der Waals surface area contributed by atoms with Crippen molar-refractivity contribution in [2.75, 3.05) is 6.73 Å². The summed E-state index contributed by atoms with van der Waals surface area (Å²) in [6, 6.07) is 0.396. The summed E-state index contributed by atoms with van der Waals surface area (Å²) in [6.45, 7) is 10.4. The Balaban J connectivity index is 4.16. The molecule has 1 radical (unpaired) electrons. The molecular weight excluding hydrogens is 138 g/mol. The molecule has 2 nitrogen and oxygen atoms in total. The van der Waals surface area contributed by atoms with E-state index in [9.17, 15) is 5.11 Å². The molecule has 1 atom stereocenters. The molecule has 0 aromatic carbocycles. The zero-order valence-electron chi connectivity index (χ0n) is 8.35. The number of rotatable bonds is 3. The largest absolute Gasteiger partial charge is 0.271 e. The van der Waals surface area contributed by atoms with Crippen molar-refractivity contribution in [3.8, 4) is 0 Å². The Morgan fingerprint density at radius 1 is 1.36 bits per heavy atom.